The summed E-state index contributed by atoms with van der Waals surface area (Å²) >= 11 is 18.5. The number of anilines is 3. The SMILES string of the molecule is CCC(Oc1ccc(C(C)(C)CC)cc1C(C)(C)CC)C(=O)Nc1ccc(Cl)c(NC(=O)C(=Nc2ccc(N(C)CC)cc2C)C(=O)C(C)(C)C)c1.Cc1cc(C)c(O)c(-n2n3c4ccc(Cl)cc4n23)c1.Cc1cc(C)c(O)c(-n2n3c4ccc(Cl)cc4n23)c1.Cc1cc(C)c(O)c(-n2n3c4ccccc4n23)c1.Cc1cc(C)c(O)c(-n2n3c4ccccc4n23)c1.Cc1ccc(O)c(-n2n3c4ccccc4n23)c1. The first-order valence-corrected chi connectivity index (χ1v) is 49.2. The highest BCUT2D eigenvalue weighted by Gasteiger charge is 2.36. The molecule has 31 heteroatoms. The van der Waals surface area contributed by atoms with E-state index < -0.39 is 23.2 Å². The van der Waals surface area contributed by atoms with Crippen LogP contribution in [0.1, 0.15) is 162 Å². The molecule has 0 bridgehead atoms. The minimum absolute atomic E-state index is 0.00307. The average Bonchev–Trinajstić information content (AvgIpc) is 1.76. The van der Waals surface area contributed by atoms with E-state index in [1.54, 1.807) is 45.0 Å². The smallest absolute Gasteiger partial charge is 0.278 e. The van der Waals surface area contributed by atoms with E-state index >= 15 is 0 Å². The molecule has 0 aliphatic carbocycles. The minimum atomic E-state index is -0.875. The van der Waals surface area contributed by atoms with Gasteiger partial charge in [-0.25, -0.2) is 4.99 Å². The molecule has 0 saturated heterocycles. The van der Waals surface area contributed by atoms with Gasteiger partial charge in [0.2, 0.25) is 0 Å². The van der Waals surface area contributed by atoms with Gasteiger partial charge in [-0.3, -0.25) is 14.4 Å². The number of nitrogens with zero attached hydrogens (tertiary/aromatic N) is 17. The second-order valence-corrected chi connectivity index (χ2v) is 41.0. The molecule has 0 aliphatic heterocycles. The maximum absolute atomic E-state index is 13.8. The van der Waals surface area contributed by atoms with Crippen molar-refractivity contribution in [3.8, 4) is 62.9 Å². The fourth-order valence-electron chi connectivity index (χ4n) is 18.1. The molecule has 10 heterocycles. The van der Waals surface area contributed by atoms with Gasteiger partial charge in [0.1, 0.15) is 118 Å². The third-order valence-corrected chi connectivity index (χ3v) is 28.0. The number of hydrogen-bond acceptors (Lipinski definition) is 11. The van der Waals surface area contributed by atoms with E-state index in [9.17, 15) is 39.9 Å². The van der Waals surface area contributed by atoms with Crippen LogP contribution in [0.4, 0.5) is 22.7 Å². The number of aryl methyl sites for hydroxylation is 10. The molecule has 0 saturated carbocycles. The van der Waals surface area contributed by atoms with Crippen LogP contribution in [0.15, 0.2) is 236 Å². The third kappa shape index (κ3) is 18.1. The van der Waals surface area contributed by atoms with Crippen LogP contribution < -0.4 is 20.3 Å². The first kappa shape index (κ1) is 97.8. The van der Waals surface area contributed by atoms with E-state index in [0.29, 0.717) is 52.3 Å². The van der Waals surface area contributed by atoms with Crippen LogP contribution in [-0.4, -0.2) is 139 Å². The number of phenols is 5. The third-order valence-electron chi connectivity index (χ3n) is 27.2. The molecule has 0 radical (unpaired) electrons. The number of aliphatic imine (C=N–C) groups is 1. The van der Waals surface area contributed by atoms with Crippen LogP contribution in [-0.2, 0) is 25.2 Å². The van der Waals surface area contributed by atoms with Crippen LogP contribution in [0.5, 0.6) is 34.5 Å². The summed E-state index contributed by atoms with van der Waals surface area (Å²) in [7, 11) is 1.99. The van der Waals surface area contributed by atoms with Gasteiger partial charge >= 0.3 is 0 Å². The number of aromatic nitrogens is 15. The second kappa shape index (κ2) is 37.2. The molecule has 23 rings (SSSR count). The molecule has 13 aromatic carbocycles. The highest BCUT2D eigenvalue weighted by Crippen LogP contribution is 2.44. The summed E-state index contributed by atoms with van der Waals surface area (Å²) in [5, 5.41) is 58.1. The summed E-state index contributed by atoms with van der Waals surface area (Å²) in [5.74, 6) is 0.866. The minimum Gasteiger partial charge on any atom is -0.506 e. The van der Waals surface area contributed by atoms with Gasteiger partial charge in [0, 0.05) is 46.0 Å². The number of ketones is 1. The van der Waals surface area contributed by atoms with E-state index in [1.807, 2.05) is 311 Å². The van der Waals surface area contributed by atoms with Crippen molar-refractivity contribution in [2.75, 3.05) is 29.1 Å². The molecule has 738 valence electrons. The van der Waals surface area contributed by atoms with Crippen molar-refractivity contribution in [1.29, 1.82) is 0 Å². The summed E-state index contributed by atoms with van der Waals surface area (Å²) in [4.78, 5) is 57.5. The number of carbonyl (C=O) groups excluding carboxylic acids is 3. The maximum atomic E-state index is 13.8. The predicted molar refractivity (Wildman–Crippen MR) is 573 cm³/mol. The lowest BCUT2D eigenvalue weighted by atomic mass is 9.76. The molecule has 10 aromatic heterocycles. The zero-order valence-electron chi connectivity index (χ0n) is 84.5. The van der Waals surface area contributed by atoms with Crippen LogP contribution in [0.2, 0.25) is 15.1 Å². The zero-order chi connectivity index (χ0) is 102. The Morgan fingerprint density at radius 1 is 0.392 bits per heavy atom. The normalized spacial score (nSPS) is 12.4. The Morgan fingerprint density at radius 2 is 0.776 bits per heavy atom. The number of benzene rings is 13. The lowest BCUT2D eigenvalue weighted by Crippen LogP contribution is -2.37. The lowest BCUT2D eigenvalue weighted by Gasteiger charge is -2.31. The fraction of sp³-hybridized carbons (Fsp3) is 0.268. The Morgan fingerprint density at radius 3 is 1.15 bits per heavy atom. The summed E-state index contributed by atoms with van der Waals surface area (Å²) in [6.45, 7) is 42.9. The molecule has 0 spiro atoms. The Labute approximate surface area is 841 Å². The number of phenolic OH excluding ortho intramolecular Hbond substituents is 5. The Balaban J connectivity index is 0.000000122. The highest BCUT2D eigenvalue weighted by molar-refractivity contribution is 6.68. The second-order valence-electron chi connectivity index (χ2n) is 39.7. The molecular formula is C112H120Cl3N19O9. The van der Waals surface area contributed by atoms with E-state index in [2.05, 4.69) is 118 Å². The summed E-state index contributed by atoms with van der Waals surface area (Å²) < 4.78 is 26.7. The number of ether oxygens (including phenoxy) is 1. The van der Waals surface area contributed by atoms with Gasteiger partial charge in [-0.15, -0.1) is 70.3 Å². The molecule has 0 aliphatic rings. The molecule has 2 amide bonds. The van der Waals surface area contributed by atoms with Crippen LogP contribution in [0, 0.1) is 74.7 Å². The fourth-order valence-corrected chi connectivity index (χ4v) is 18.6. The first-order chi connectivity index (χ1) is 68.0. The van der Waals surface area contributed by atoms with Crippen molar-refractivity contribution in [3.63, 3.8) is 0 Å². The molecule has 1 atom stereocenters. The van der Waals surface area contributed by atoms with Gasteiger partial charge in [-0.1, -0.05) is 183 Å². The molecule has 143 heavy (non-hydrogen) atoms. The number of aromatic hydroxyl groups is 5. The van der Waals surface area contributed by atoms with Crippen molar-refractivity contribution < 1.29 is 44.7 Å². The van der Waals surface area contributed by atoms with Crippen molar-refractivity contribution in [3.05, 3.63) is 312 Å². The van der Waals surface area contributed by atoms with E-state index in [-0.39, 0.29) is 33.2 Å². The Kier molecular flexibility index (Phi) is 25.5. The molecule has 1 unspecified atom stereocenters. The summed E-state index contributed by atoms with van der Waals surface area (Å²) in [6.07, 6.45) is 1.55. The standard InChI is InChI=1S/C43H59ClN4O4.2C14H12ClN3O.2C14H13N3O.C13H11N3O/c1-14-35(52-36-23-18-28(42(9,10)15-2)25-31(36)43(11,12)16-3)39(50)45-29-19-21-32(44)34(26-29)47-40(51)37(38(49)41(6,7)8)46-33-22-20-30(24-27(33)5)48(13)17-4;2*1-8-5-9(2)14(19)13(6-8)18-16-11-4-3-10(15)7-12(11)17(16)18;2*1-9-7-10(2)14(18)13(8-9)17-15-11-5-3-4-6-12(11)16(15)17;1-9-6-7-13(17)12(8-9)16-14-10-4-2-3-5-11(10)15(14)16/h18-26,35H,14-17H2,1-13H3,(H,45,50)(H,47,51);2*3-7,19H,1-2H3;2*3-8,18H,1-2H3;2-8,17H,1H3. The first-order valence-electron chi connectivity index (χ1n) is 48.0. The average molecular weight is 1980 g/mol. The lowest BCUT2D eigenvalue weighted by molar-refractivity contribution is -0.123. The number of fused-ring (bicyclic) bond motifs is 20. The van der Waals surface area contributed by atoms with Gasteiger partial charge in [-0.2, -0.15) is 0 Å². The molecular weight excluding hydrogens is 1860 g/mol. The monoisotopic (exact) mass is 1980 g/mol. The van der Waals surface area contributed by atoms with E-state index in [0.717, 1.165) is 147 Å². The van der Waals surface area contributed by atoms with Crippen LogP contribution >= 0.6 is 34.8 Å². The molecule has 28 nitrogen and oxygen atoms in total. The van der Waals surface area contributed by atoms with Gasteiger partial charge in [0.15, 0.2) is 17.6 Å². The summed E-state index contributed by atoms with van der Waals surface area (Å²) in [6, 6.07) is 74.4. The number of nitrogens with one attached hydrogen (secondary N) is 2. The van der Waals surface area contributed by atoms with Gasteiger partial charge in [0.05, 0.1) is 16.4 Å². The largest absolute Gasteiger partial charge is 0.506 e. The number of halogens is 3. The number of carbonyl (C=O) groups is 3. The highest BCUT2D eigenvalue weighted by atomic mass is 35.5. The number of rotatable bonds is 20. The molecule has 23 aromatic rings. The number of para-hydroxylation sites is 6. The molecule has 7 N–H and O–H groups in total. The van der Waals surface area contributed by atoms with Gasteiger partial charge < -0.3 is 45.8 Å². The van der Waals surface area contributed by atoms with Crippen molar-refractivity contribution in [2.24, 2.45) is 10.4 Å². The molecule has 0 fully saturated rings. The topological polar surface area (TPSA) is 270 Å². The summed E-state index contributed by atoms with van der Waals surface area (Å²) in [5.41, 5.74) is 28.7. The van der Waals surface area contributed by atoms with Crippen molar-refractivity contribution in [2.45, 2.75) is 182 Å². The van der Waals surface area contributed by atoms with E-state index in [1.165, 1.54) is 38.7 Å². The van der Waals surface area contributed by atoms with E-state index in [4.69, 9.17) is 39.5 Å². The predicted octanol–water partition coefficient (Wildman–Crippen LogP) is 25.3. The van der Waals surface area contributed by atoms with Gasteiger partial charge in [0.25, 0.3) is 11.8 Å². The van der Waals surface area contributed by atoms with Crippen molar-refractivity contribution in [1.82, 2.24) is 70.3 Å². The zero-order valence-corrected chi connectivity index (χ0v) is 86.7. The Hall–Kier alpha value is -15.4. The number of Topliss-reactive ketones (excluding diaryl/α,β-unsaturated/α-hetero) is 1. The van der Waals surface area contributed by atoms with Gasteiger partial charge in [-0.05, 0) is 319 Å². The van der Waals surface area contributed by atoms with Crippen LogP contribution in [0.25, 0.3) is 83.6 Å². The number of amides is 2. The quantitative estimate of drug-likeness (QED) is 0.0280. The van der Waals surface area contributed by atoms with Crippen molar-refractivity contribution >= 4 is 136 Å². The number of hydrogen-bond donors (Lipinski definition) is 7. The van der Waals surface area contributed by atoms with Crippen LogP contribution in [0.3, 0.4) is 0 Å². The maximum Gasteiger partial charge on any atom is 0.278 e. The Bertz CT molecular complexity index is 8290.